The molecule has 1 aromatic heterocycles. The highest BCUT2D eigenvalue weighted by atomic mass is 35.5. The molecule has 8 nitrogen and oxygen atoms in total. The molecule has 0 aliphatic carbocycles. The van der Waals surface area contributed by atoms with E-state index in [4.69, 9.17) is 44.3 Å². The second-order valence-corrected chi connectivity index (χ2v) is 7.52. The first-order valence-electron chi connectivity index (χ1n) is 9.30. The Morgan fingerprint density at radius 2 is 1.94 bits per heavy atom. The molecule has 166 valence electrons. The molecule has 0 spiro atoms. The Balaban J connectivity index is 1.78. The molecule has 0 saturated carbocycles. The predicted molar refractivity (Wildman–Crippen MR) is 126 cm³/mol. The van der Waals surface area contributed by atoms with E-state index in [1.165, 1.54) is 24.5 Å². The van der Waals surface area contributed by atoms with Gasteiger partial charge in [-0.15, -0.1) is 0 Å². The van der Waals surface area contributed by atoms with Gasteiger partial charge < -0.3 is 9.47 Å². The summed E-state index contributed by atoms with van der Waals surface area (Å²) in [7, 11) is 0. The van der Waals surface area contributed by atoms with Gasteiger partial charge in [0.2, 0.25) is 5.82 Å². The lowest BCUT2D eigenvalue weighted by Crippen LogP contribution is -2.02. The fraction of sp³-hybridized carbons (Fsp3) is 0.143. The maximum absolute atomic E-state index is 11.1. The molecule has 0 atom stereocenters. The third kappa shape index (κ3) is 6.00. The van der Waals surface area contributed by atoms with Crippen LogP contribution in [-0.2, 0) is 6.61 Å². The second-order valence-electron chi connectivity index (χ2n) is 6.30. The van der Waals surface area contributed by atoms with Crippen LogP contribution in [0.25, 0.3) is 0 Å². The van der Waals surface area contributed by atoms with Crippen LogP contribution in [0.5, 0.6) is 11.5 Å². The molecule has 0 radical (unpaired) electrons. The van der Waals surface area contributed by atoms with Crippen LogP contribution in [0.15, 0.2) is 53.8 Å². The number of halogens is 3. The third-order valence-electron chi connectivity index (χ3n) is 4.07. The van der Waals surface area contributed by atoms with Crippen molar-refractivity contribution in [2.45, 2.75) is 13.5 Å². The SMILES string of the molecule is CCOc1cc(C=NNc2ncccc2[N+](=O)[O-])cc(Cl)c1OCc1ccc(Cl)c(Cl)c1. The van der Waals surface area contributed by atoms with Gasteiger partial charge in [-0.05, 0) is 48.4 Å². The number of nitrogens with zero attached hydrogens (tertiary/aromatic N) is 3. The van der Waals surface area contributed by atoms with Gasteiger partial charge in [0.1, 0.15) is 6.61 Å². The van der Waals surface area contributed by atoms with Gasteiger partial charge in [-0.1, -0.05) is 40.9 Å². The standard InChI is InChI=1S/C21H17Cl3N4O4/c1-2-31-19-10-14(11-26-27-21-18(28(29)30)4-3-7-25-21)9-17(24)20(19)32-12-13-5-6-15(22)16(23)8-13/h3-11H,2,12H2,1H3,(H,25,27). The van der Waals surface area contributed by atoms with Gasteiger partial charge in [-0.25, -0.2) is 4.98 Å². The van der Waals surface area contributed by atoms with Crippen molar-refractivity contribution >= 4 is 52.5 Å². The van der Waals surface area contributed by atoms with Crippen molar-refractivity contribution in [3.8, 4) is 11.5 Å². The Morgan fingerprint density at radius 3 is 2.66 bits per heavy atom. The van der Waals surface area contributed by atoms with Crippen LogP contribution in [0.2, 0.25) is 15.1 Å². The maximum Gasteiger partial charge on any atom is 0.313 e. The van der Waals surface area contributed by atoms with Gasteiger partial charge in [0.05, 0.1) is 32.8 Å². The van der Waals surface area contributed by atoms with Crippen LogP contribution in [0.3, 0.4) is 0 Å². The van der Waals surface area contributed by atoms with E-state index in [0.29, 0.717) is 38.7 Å². The monoisotopic (exact) mass is 494 g/mol. The van der Waals surface area contributed by atoms with Crippen molar-refractivity contribution in [2.75, 3.05) is 12.0 Å². The van der Waals surface area contributed by atoms with E-state index in [0.717, 1.165) is 5.56 Å². The van der Waals surface area contributed by atoms with E-state index >= 15 is 0 Å². The van der Waals surface area contributed by atoms with Gasteiger partial charge in [-0.2, -0.15) is 5.10 Å². The highest BCUT2D eigenvalue weighted by molar-refractivity contribution is 6.42. The topological polar surface area (TPSA) is 98.9 Å². The minimum absolute atomic E-state index is 0.0199. The van der Waals surface area contributed by atoms with Crippen LogP contribution in [0, 0.1) is 10.1 Å². The normalized spacial score (nSPS) is 10.9. The molecule has 11 heteroatoms. The van der Waals surface area contributed by atoms with Crippen LogP contribution in [0.4, 0.5) is 11.5 Å². The van der Waals surface area contributed by atoms with E-state index in [2.05, 4.69) is 15.5 Å². The highest BCUT2D eigenvalue weighted by Gasteiger charge is 2.14. The van der Waals surface area contributed by atoms with E-state index in [-0.39, 0.29) is 18.1 Å². The number of nitrogens with one attached hydrogen (secondary N) is 1. The number of hydrogen-bond donors (Lipinski definition) is 1. The summed E-state index contributed by atoms with van der Waals surface area (Å²) in [6.07, 6.45) is 2.87. The molecule has 1 heterocycles. The molecule has 0 aliphatic heterocycles. The number of hydrazone groups is 1. The van der Waals surface area contributed by atoms with Gasteiger partial charge in [0.15, 0.2) is 11.5 Å². The minimum atomic E-state index is -0.547. The third-order valence-corrected chi connectivity index (χ3v) is 5.09. The summed E-state index contributed by atoms with van der Waals surface area (Å²) in [6, 6.07) is 11.3. The lowest BCUT2D eigenvalue weighted by atomic mass is 10.2. The average molecular weight is 496 g/mol. The van der Waals surface area contributed by atoms with E-state index < -0.39 is 4.92 Å². The first-order valence-corrected chi connectivity index (χ1v) is 10.4. The largest absolute Gasteiger partial charge is 0.490 e. The number of aromatic nitrogens is 1. The Labute approximate surface area is 198 Å². The van der Waals surface area contributed by atoms with E-state index in [1.54, 1.807) is 30.3 Å². The quantitative estimate of drug-likeness (QED) is 0.210. The van der Waals surface area contributed by atoms with E-state index in [9.17, 15) is 10.1 Å². The molecule has 0 fully saturated rings. The molecule has 0 aliphatic rings. The molecular formula is C21H17Cl3N4O4. The molecule has 1 N–H and O–H groups in total. The number of rotatable bonds is 9. The summed E-state index contributed by atoms with van der Waals surface area (Å²) in [5.41, 5.74) is 3.77. The number of nitro groups is 1. The number of hydrogen-bond acceptors (Lipinski definition) is 7. The zero-order chi connectivity index (χ0) is 23.1. The van der Waals surface area contributed by atoms with Gasteiger partial charge in [-0.3, -0.25) is 15.5 Å². The smallest absolute Gasteiger partial charge is 0.313 e. The first kappa shape index (κ1) is 23.6. The van der Waals surface area contributed by atoms with Crippen molar-refractivity contribution in [1.29, 1.82) is 0 Å². The highest BCUT2D eigenvalue weighted by Crippen LogP contribution is 2.37. The second kappa shape index (κ2) is 11.0. The van der Waals surface area contributed by atoms with Crippen LogP contribution < -0.4 is 14.9 Å². The molecule has 3 aromatic rings. The van der Waals surface area contributed by atoms with Crippen LogP contribution >= 0.6 is 34.8 Å². The fourth-order valence-electron chi connectivity index (χ4n) is 2.65. The Kier molecular flexibility index (Phi) is 8.10. The zero-order valence-corrected chi connectivity index (χ0v) is 19.0. The van der Waals surface area contributed by atoms with Crippen LogP contribution in [-0.4, -0.2) is 22.7 Å². The van der Waals surface area contributed by atoms with Crippen molar-refractivity contribution in [3.63, 3.8) is 0 Å². The molecule has 0 saturated heterocycles. The number of anilines is 1. The van der Waals surface area contributed by atoms with Gasteiger partial charge in [0.25, 0.3) is 0 Å². The van der Waals surface area contributed by atoms with Crippen molar-refractivity contribution in [2.24, 2.45) is 5.10 Å². The first-order chi connectivity index (χ1) is 15.4. The summed E-state index contributed by atoms with van der Waals surface area (Å²) in [5.74, 6) is 0.807. The molecule has 0 bridgehead atoms. The van der Waals surface area contributed by atoms with E-state index in [1.807, 2.05) is 6.92 Å². The summed E-state index contributed by atoms with van der Waals surface area (Å²) in [5, 5.41) is 16.3. The molecule has 2 aromatic carbocycles. The lowest BCUT2D eigenvalue weighted by molar-refractivity contribution is -0.384. The Morgan fingerprint density at radius 1 is 1.12 bits per heavy atom. The molecule has 32 heavy (non-hydrogen) atoms. The summed E-state index contributed by atoms with van der Waals surface area (Å²) < 4.78 is 11.5. The van der Waals surface area contributed by atoms with Gasteiger partial charge >= 0.3 is 5.69 Å². The molecule has 3 rings (SSSR count). The predicted octanol–water partition coefficient (Wildman–Crippen LogP) is 6.37. The molecule has 0 amide bonds. The summed E-state index contributed by atoms with van der Waals surface area (Å²) in [6.45, 7) is 2.42. The lowest BCUT2D eigenvalue weighted by Gasteiger charge is -2.14. The minimum Gasteiger partial charge on any atom is -0.490 e. The van der Waals surface area contributed by atoms with Crippen LogP contribution in [0.1, 0.15) is 18.1 Å². The Hall–Kier alpha value is -3.07. The molecular weight excluding hydrogens is 479 g/mol. The average Bonchev–Trinajstić information content (AvgIpc) is 2.76. The van der Waals surface area contributed by atoms with Crippen molar-refractivity contribution in [1.82, 2.24) is 4.98 Å². The number of ether oxygens (including phenoxy) is 2. The number of benzene rings is 2. The Bertz CT molecular complexity index is 1160. The number of pyridine rings is 1. The summed E-state index contributed by atoms with van der Waals surface area (Å²) in [4.78, 5) is 14.4. The van der Waals surface area contributed by atoms with Crippen molar-refractivity contribution < 1.29 is 14.4 Å². The molecule has 0 unspecified atom stereocenters. The van der Waals surface area contributed by atoms with Gasteiger partial charge in [0, 0.05) is 12.3 Å². The fourth-order valence-corrected chi connectivity index (χ4v) is 3.24. The maximum atomic E-state index is 11.1. The zero-order valence-electron chi connectivity index (χ0n) is 16.7. The summed E-state index contributed by atoms with van der Waals surface area (Å²) >= 11 is 18.4. The van der Waals surface area contributed by atoms with Crippen molar-refractivity contribution in [3.05, 3.63) is 85.0 Å².